The van der Waals surface area contributed by atoms with Crippen LogP contribution in [-0.2, 0) is 6.54 Å². The van der Waals surface area contributed by atoms with Crippen LogP contribution in [0.5, 0.6) is 0 Å². The Labute approximate surface area is 136 Å². The van der Waals surface area contributed by atoms with Gasteiger partial charge in [0.25, 0.3) is 0 Å². The molecule has 1 N–H and O–H groups in total. The fraction of sp³-hybridized carbons (Fsp3) is 0.294. The van der Waals surface area contributed by atoms with E-state index in [2.05, 4.69) is 27.2 Å². The molecule has 0 atom stereocenters. The molecular weight excluding hydrogens is 296 g/mol. The summed E-state index contributed by atoms with van der Waals surface area (Å²) in [6.45, 7) is 5.23. The first-order chi connectivity index (χ1) is 10.8. The smallest absolute Gasteiger partial charge is 0.103 e. The normalized spacial score (nSPS) is 16.3. The van der Waals surface area contributed by atoms with Crippen molar-refractivity contribution in [2.24, 2.45) is 5.10 Å². The number of rotatable bonds is 4. The molecule has 2 heterocycles. The fourth-order valence-corrected chi connectivity index (χ4v) is 2.72. The van der Waals surface area contributed by atoms with Gasteiger partial charge < -0.3 is 4.90 Å². The van der Waals surface area contributed by atoms with Crippen molar-refractivity contribution in [2.45, 2.75) is 6.54 Å². The molecule has 3 rings (SSSR count). The van der Waals surface area contributed by atoms with Crippen molar-refractivity contribution < 1.29 is 4.90 Å². The van der Waals surface area contributed by atoms with Crippen molar-refractivity contribution in [1.29, 1.82) is 0 Å². The molecule has 0 unspecified atom stereocenters. The standard InChI is InChI=1S/C17H19ClN4/c18-17-5-3-15(4-6-17)14-21-8-10-22(11-9-21)20-13-16-2-1-7-19-12-16/h1-7,12-13H,8-11,14H2/p+1/b20-13-. The zero-order chi connectivity index (χ0) is 15.2. The van der Waals surface area contributed by atoms with E-state index < -0.39 is 0 Å². The molecule has 22 heavy (non-hydrogen) atoms. The monoisotopic (exact) mass is 315 g/mol. The van der Waals surface area contributed by atoms with E-state index in [1.54, 1.807) is 11.1 Å². The molecule has 1 aliphatic rings. The molecule has 1 saturated heterocycles. The van der Waals surface area contributed by atoms with Gasteiger partial charge in [-0.15, -0.1) is 0 Å². The summed E-state index contributed by atoms with van der Waals surface area (Å²) in [6.07, 6.45) is 5.49. The molecule has 1 aliphatic heterocycles. The molecule has 114 valence electrons. The van der Waals surface area contributed by atoms with Gasteiger partial charge in [0.05, 0.1) is 32.4 Å². The van der Waals surface area contributed by atoms with E-state index in [-0.39, 0.29) is 0 Å². The highest BCUT2D eigenvalue weighted by Crippen LogP contribution is 2.08. The summed E-state index contributed by atoms with van der Waals surface area (Å²) >= 11 is 5.93. The Morgan fingerprint density at radius 1 is 1.18 bits per heavy atom. The Morgan fingerprint density at radius 2 is 1.95 bits per heavy atom. The quantitative estimate of drug-likeness (QED) is 0.867. The lowest BCUT2D eigenvalue weighted by atomic mass is 10.2. The number of quaternary nitrogens is 1. The summed E-state index contributed by atoms with van der Waals surface area (Å²) in [4.78, 5) is 5.68. The number of aromatic nitrogens is 1. The van der Waals surface area contributed by atoms with Crippen LogP contribution in [0.25, 0.3) is 0 Å². The van der Waals surface area contributed by atoms with Gasteiger partial charge in [-0.2, -0.15) is 5.10 Å². The maximum atomic E-state index is 5.93. The summed E-state index contributed by atoms with van der Waals surface area (Å²) in [5.41, 5.74) is 2.38. The van der Waals surface area contributed by atoms with E-state index in [0.29, 0.717) is 0 Å². The molecule has 0 bridgehead atoms. The summed E-state index contributed by atoms with van der Waals surface area (Å²) in [5, 5.41) is 7.48. The predicted octanol–water partition coefficient (Wildman–Crippen LogP) is 1.47. The Balaban J connectivity index is 1.48. The molecule has 0 radical (unpaired) electrons. The van der Waals surface area contributed by atoms with Crippen molar-refractivity contribution in [2.75, 3.05) is 26.2 Å². The van der Waals surface area contributed by atoms with Crippen LogP contribution in [0.4, 0.5) is 0 Å². The van der Waals surface area contributed by atoms with Gasteiger partial charge in [-0.05, 0) is 18.2 Å². The maximum absolute atomic E-state index is 5.93. The number of piperazine rings is 1. The Kier molecular flexibility index (Phi) is 5.03. The van der Waals surface area contributed by atoms with E-state index in [9.17, 15) is 0 Å². The Morgan fingerprint density at radius 3 is 2.64 bits per heavy atom. The second-order valence-electron chi connectivity index (χ2n) is 5.54. The first kappa shape index (κ1) is 15.0. The van der Waals surface area contributed by atoms with Crippen LogP contribution in [-0.4, -0.2) is 42.4 Å². The molecule has 0 spiro atoms. The summed E-state index contributed by atoms with van der Waals surface area (Å²) < 4.78 is 0. The van der Waals surface area contributed by atoms with Gasteiger partial charge in [0, 0.05) is 28.5 Å². The van der Waals surface area contributed by atoms with E-state index in [1.165, 1.54) is 5.56 Å². The van der Waals surface area contributed by atoms with Crippen LogP contribution in [0.3, 0.4) is 0 Å². The third kappa shape index (κ3) is 4.29. The van der Waals surface area contributed by atoms with Gasteiger partial charge >= 0.3 is 0 Å². The number of halogens is 1. The lowest BCUT2D eigenvalue weighted by Gasteiger charge is -2.30. The second kappa shape index (κ2) is 7.38. The summed E-state index contributed by atoms with van der Waals surface area (Å²) in [6, 6.07) is 12.1. The van der Waals surface area contributed by atoms with Crippen LogP contribution >= 0.6 is 11.6 Å². The number of pyridine rings is 1. The molecule has 2 aromatic rings. The number of hydrazone groups is 1. The topological polar surface area (TPSA) is 32.9 Å². The average Bonchev–Trinajstić information content (AvgIpc) is 2.57. The van der Waals surface area contributed by atoms with Crippen LogP contribution < -0.4 is 4.90 Å². The zero-order valence-electron chi connectivity index (χ0n) is 12.5. The van der Waals surface area contributed by atoms with Gasteiger partial charge in [0.1, 0.15) is 6.54 Å². The zero-order valence-corrected chi connectivity index (χ0v) is 13.2. The number of nitrogens with one attached hydrogen (secondary N) is 1. The molecule has 1 aromatic heterocycles. The minimum absolute atomic E-state index is 0.799. The summed E-state index contributed by atoms with van der Waals surface area (Å²) in [5.74, 6) is 0. The number of hydrogen-bond donors (Lipinski definition) is 1. The van der Waals surface area contributed by atoms with E-state index in [4.69, 9.17) is 11.6 Å². The molecule has 1 fully saturated rings. The molecule has 5 heteroatoms. The van der Waals surface area contributed by atoms with Gasteiger partial charge in [0.2, 0.25) is 0 Å². The molecule has 4 nitrogen and oxygen atoms in total. The lowest BCUT2D eigenvalue weighted by molar-refractivity contribution is -0.918. The SMILES string of the molecule is Clc1ccc(C[NH+]2CCN(/N=C\c3cccnc3)CC2)cc1. The first-order valence-electron chi connectivity index (χ1n) is 7.56. The highest BCUT2D eigenvalue weighted by atomic mass is 35.5. The van der Waals surface area contributed by atoms with Crippen molar-refractivity contribution in [3.63, 3.8) is 0 Å². The highest BCUT2D eigenvalue weighted by molar-refractivity contribution is 6.30. The minimum atomic E-state index is 0.799. The first-order valence-corrected chi connectivity index (χ1v) is 7.94. The second-order valence-corrected chi connectivity index (χ2v) is 5.97. The van der Waals surface area contributed by atoms with E-state index >= 15 is 0 Å². The third-order valence-corrected chi connectivity index (χ3v) is 4.12. The maximum Gasteiger partial charge on any atom is 0.103 e. The molecular formula is C17H20ClN4+. The van der Waals surface area contributed by atoms with Gasteiger partial charge in [0.15, 0.2) is 0 Å². The Hall–Kier alpha value is -1.91. The number of benzene rings is 1. The highest BCUT2D eigenvalue weighted by Gasteiger charge is 2.18. The number of nitrogens with zero attached hydrogens (tertiary/aromatic N) is 3. The predicted molar refractivity (Wildman–Crippen MR) is 89.3 cm³/mol. The van der Waals surface area contributed by atoms with Crippen LogP contribution in [0.15, 0.2) is 53.9 Å². The molecule has 0 amide bonds. The van der Waals surface area contributed by atoms with Crippen molar-refractivity contribution in [3.05, 3.63) is 64.9 Å². The largest absolute Gasteiger partial charge is 0.328 e. The number of hydrogen-bond acceptors (Lipinski definition) is 3. The Bertz CT molecular complexity index is 604. The van der Waals surface area contributed by atoms with Crippen molar-refractivity contribution in [1.82, 2.24) is 9.99 Å². The molecule has 0 saturated carbocycles. The summed E-state index contributed by atoms with van der Waals surface area (Å²) in [7, 11) is 0. The van der Waals surface area contributed by atoms with E-state index in [1.807, 2.05) is 36.7 Å². The fourth-order valence-electron chi connectivity index (χ4n) is 2.59. The van der Waals surface area contributed by atoms with Crippen LogP contribution in [0.1, 0.15) is 11.1 Å². The van der Waals surface area contributed by atoms with Crippen molar-refractivity contribution in [3.8, 4) is 0 Å². The minimum Gasteiger partial charge on any atom is -0.328 e. The van der Waals surface area contributed by atoms with Gasteiger partial charge in [-0.1, -0.05) is 29.8 Å². The van der Waals surface area contributed by atoms with Gasteiger partial charge in [-0.25, -0.2) is 0 Å². The molecule has 0 aliphatic carbocycles. The molecule has 1 aromatic carbocycles. The van der Waals surface area contributed by atoms with Crippen LogP contribution in [0.2, 0.25) is 5.02 Å². The lowest BCUT2D eigenvalue weighted by Crippen LogP contribution is -3.13. The van der Waals surface area contributed by atoms with Crippen molar-refractivity contribution >= 4 is 17.8 Å². The third-order valence-electron chi connectivity index (χ3n) is 3.87. The average molecular weight is 316 g/mol. The van der Waals surface area contributed by atoms with Crippen LogP contribution in [0, 0.1) is 0 Å². The van der Waals surface area contributed by atoms with E-state index in [0.717, 1.165) is 43.3 Å². The van der Waals surface area contributed by atoms with Gasteiger partial charge in [-0.3, -0.25) is 9.99 Å².